The first-order valence-electron chi connectivity index (χ1n) is 8.34. The van der Waals surface area contributed by atoms with Crippen molar-refractivity contribution in [1.29, 1.82) is 0 Å². The number of anilines is 2. The lowest BCUT2D eigenvalue weighted by molar-refractivity contribution is -0.384. The summed E-state index contributed by atoms with van der Waals surface area (Å²) in [5.41, 5.74) is 2.95. The molecule has 0 unspecified atom stereocenters. The van der Waals surface area contributed by atoms with Crippen LogP contribution < -0.4 is 10.6 Å². The number of ether oxygens (including phenoxy) is 1. The highest BCUT2D eigenvalue weighted by atomic mass is 16.6. The molecule has 23 heavy (non-hydrogen) atoms. The number of nitrogens with one attached hydrogen (secondary N) is 2. The second-order valence-electron chi connectivity index (χ2n) is 6.01. The molecule has 3 rings (SSSR count). The van der Waals surface area contributed by atoms with Gasteiger partial charge in [0.1, 0.15) is 5.69 Å². The molecule has 2 N–H and O–H groups in total. The van der Waals surface area contributed by atoms with Crippen LogP contribution in [0.5, 0.6) is 0 Å². The van der Waals surface area contributed by atoms with Crippen LogP contribution in [0.25, 0.3) is 0 Å². The maximum Gasteiger partial charge on any atom is 0.292 e. The van der Waals surface area contributed by atoms with Gasteiger partial charge in [-0.1, -0.05) is 0 Å². The fourth-order valence-electron chi connectivity index (χ4n) is 3.23. The van der Waals surface area contributed by atoms with E-state index in [1.807, 2.05) is 6.07 Å². The summed E-state index contributed by atoms with van der Waals surface area (Å²) >= 11 is 0. The van der Waals surface area contributed by atoms with Crippen molar-refractivity contribution < 1.29 is 9.66 Å². The van der Waals surface area contributed by atoms with E-state index >= 15 is 0 Å². The van der Waals surface area contributed by atoms with Gasteiger partial charge in [0.05, 0.1) is 18.1 Å². The number of rotatable bonds is 7. The lowest BCUT2D eigenvalue weighted by Gasteiger charge is -2.26. The van der Waals surface area contributed by atoms with Gasteiger partial charge in [0, 0.05) is 43.5 Å². The molecule has 0 saturated carbocycles. The summed E-state index contributed by atoms with van der Waals surface area (Å²) in [5, 5.41) is 17.8. The van der Waals surface area contributed by atoms with Crippen molar-refractivity contribution in [2.75, 3.05) is 56.6 Å². The highest BCUT2D eigenvalue weighted by molar-refractivity contribution is 5.77. The van der Waals surface area contributed by atoms with Gasteiger partial charge in [0.25, 0.3) is 5.69 Å². The molecule has 1 aromatic carbocycles. The maximum atomic E-state index is 11.2. The molecule has 2 aliphatic heterocycles. The first kappa shape index (κ1) is 16.0. The minimum atomic E-state index is -0.297. The van der Waals surface area contributed by atoms with E-state index < -0.39 is 0 Å². The predicted molar refractivity (Wildman–Crippen MR) is 90.3 cm³/mol. The number of hydrogen-bond donors (Lipinski definition) is 2. The lowest BCUT2D eigenvalue weighted by atomic mass is 10.1. The van der Waals surface area contributed by atoms with Crippen LogP contribution in [0.3, 0.4) is 0 Å². The Labute approximate surface area is 136 Å². The topological polar surface area (TPSA) is 79.7 Å². The van der Waals surface area contributed by atoms with E-state index in [2.05, 4.69) is 15.5 Å². The van der Waals surface area contributed by atoms with Gasteiger partial charge in [-0.15, -0.1) is 0 Å². The molecular weight excluding hydrogens is 296 g/mol. The van der Waals surface area contributed by atoms with Crippen LogP contribution in [-0.2, 0) is 11.2 Å². The Morgan fingerprint density at radius 2 is 2.13 bits per heavy atom. The second-order valence-corrected chi connectivity index (χ2v) is 6.01. The van der Waals surface area contributed by atoms with Crippen LogP contribution in [0.1, 0.15) is 18.4 Å². The van der Waals surface area contributed by atoms with Crippen molar-refractivity contribution >= 4 is 17.1 Å². The van der Waals surface area contributed by atoms with E-state index in [4.69, 9.17) is 4.74 Å². The number of hydrogen-bond acceptors (Lipinski definition) is 6. The summed E-state index contributed by atoms with van der Waals surface area (Å²) in [6.07, 6.45) is 2.94. The molecule has 0 radical (unpaired) electrons. The van der Waals surface area contributed by atoms with Gasteiger partial charge in [0.15, 0.2) is 0 Å². The predicted octanol–water partition coefficient (Wildman–Crippen LogP) is 2.09. The molecule has 2 aliphatic rings. The summed E-state index contributed by atoms with van der Waals surface area (Å²) in [6.45, 7) is 6.36. The number of nitro benzene ring substituents is 1. The van der Waals surface area contributed by atoms with Gasteiger partial charge in [-0.25, -0.2) is 0 Å². The van der Waals surface area contributed by atoms with Gasteiger partial charge in [-0.05, 0) is 31.9 Å². The van der Waals surface area contributed by atoms with Gasteiger partial charge in [-0.3, -0.25) is 15.0 Å². The van der Waals surface area contributed by atoms with E-state index in [1.54, 1.807) is 6.07 Å². The van der Waals surface area contributed by atoms with Gasteiger partial charge in [0.2, 0.25) is 0 Å². The summed E-state index contributed by atoms with van der Waals surface area (Å²) in [7, 11) is 0. The highest BCUT2D eigenvalue weighted by Crippen LogP contribution is 2.36. The van der Waals surface area contributed by atoms with E-state index in [0.717, 1.165) is 76.5 Å². The molecule has 0 aliphatic carbocycles. The summed E-state index contributed by atoms with van der Waals surface area (Å²) in [4.78, 5) is 13.4. The number of unbranched alkanes of at least 4 members (excludes halogenated alkanes) is 1. The van der Waals surface area contributed by atoms with Crippen molar-refractivity contribution in [3.8, 4) is 0 Å². The van der Waals surface area contributed by atoms with Crippen LogP contribution in [0.2, 0.25) is 0 Å². The van der Waals surface area contributed by atoms with Crippen LogP contribution in [0.15, 0.2) is 12.1 Å². The van der Waals surface area contributed by atoms with Crippen LogP contribution in [-0.4, -0.2) is 55.8 Å². The SMILES string of the molecule is O=[N+]([O-])c1ccc2c(c1NCCCCN1CCOCC1)CCN2. The van der Waals surface area contributed by atoms with Crippen molar-refractivity contribution in [3.63, 3.8) is 0 Å². The van der Waals surface area contributed by atoms with Gasteiger partial charge in [-0.2, -0.15) is 0 Å². The molecule has 0 aromatic heterocycles. The molecular formula is C16H24N4O3. The number of nitro groups is 1. The Balaban J connectivity index is 1.51. The Morgan fingerprint density at radius 3 is 2.91 bits per heavy atom. The largest absolute Gasteiger partial charge is 0.384 e. The van der Waals surface area contributed by atoms with Crippen molar-refractivity contribution in [3.05, 3.63) is 27.8 Å². The number of nitrogens with zero attached hydrogens (tertiary/aromatic N) is 2. The van der Waals surface area contributed by atoms with Gasteiger partial charge < -0.3 is 15.4 Å². The maximum absolute atomic E-state index is 11.2. The van der Waals surface area contributed by atoms with Crippen molar-refractivity contribution in [2.45, 2.75) is 19.3 Å². The first-order valence-corrected chi connectivity index (χ1v) is 8.34. The molecule has 2 heterocycles. The minimum Gasteiger partial charge on any atom is -0.384 e. The Bertz CT molecular complexity index is 559. The summed E-state index contributed by atoms with van der Waals surface area (Å²) in [6, 6.07) is 3.40. The number of fused-ring (bicyclic) bond motifs is 1. The Hall–Kier alpha value is -1.86. The zero-order valence-electron chi connectivity index (χ0n) is 13.3. The Morgan fingerprint density at radius 1 is 1.30 bits per heavy atom. The molecule has 7 nitrogen and oxygen atoms in total. The molecule has 0 bridgehead atoms. The average molecular weight is 320 g/mol. The van der Waals surface area contributed by atoms with E-state index in [0.29, 0.717) is 5.69 Å². The monoisotopic (exact) mass is 320 g/mol. The standard InChI is InChI=1S/C16H24N4O3/c21-20(22)15-4-3-14-13(5-7-17-14)16(15)18-6-1-2-8-19-9-11-23-12-10-19/h3-4,17-18H,1-2,5-12H2. The highest BCUT2D eigenvalue weighted by Gasteiger charge is 2.23. The zero-order valence-corrected chi connectivity index (χ0v) is 13.3. The molecule has 1 saturated heterocycles. The smallest absolute Gasteiger partial charge is 0.292 e. The molecule has 0 amide bonds. The molecule has 126 valence electrons. The average Bonchev–Trinajstić information content (AvgIpc) is 3.04. The molecule has 0 spiro atoms. The van der Waals surface area contributed by atoms with Crippen LogP contribution >= 0.6 is 0 Å². The van der Waals surface area contributed by atoms with E-state index in [-0.39, 0.29) is 10.6 Å². The fraction of sp³-hybridized carbons (Fsp3) is 0.625. The van der Waals surface area contributed by atoms with Crippen molar-refractivity contribution in [2.24, 2.45) is 0 Å². The molecule has 1 fully saturated rings. The minimum absolute atomic E-state index is 0.181. The fourth-order valence-corrected chi connectivity index (χ4v) is 3.23. The Kier molecular flexibility index (Phi) is 5.30. The third kappa shape index (κ3) is 3.92. The third-order valence-electron chi connectivity index (χ3n) is 4.48. The molecule has 1 aromatic rings. The number of benzene rings is 1. The van der Waals surface area contributed by atoms with Crippen LogP contribution in [0.4, 0.5) is 17.1 Å². The number of morpholine rings is 1. The summed E-state index contributed by atoms with van der Waals surface area (Å²) < 4.78 is 5.34. The van der Waals surface area contributed by atoms with Crippen LogP contribution in [0, 0.1) is 10.1 Å². The quantitative estimate of drug-likeness (QED) is 0.455. The third-order valence-corrected chi connectivity index (χ3v) is 4.48. The molecule has 0 atom stereocenters. The zero-order chi connectivity index (χ0) is 16.1. The summed E-state index contributed by atoms with van der Waals surface area (Å²) in [5.74, 6) is 0. The van der Waals surface area contributed by atoms with E-state index in [9.17, 15) is 10.1 Å². The second kappa shape index (κ2) is 7.61. The first-order chi connectivity index (χ1) is 11.3. The normalized spacial score (nSPS) is 17.6. The van der Waals surface area contributed by atoms with E-state index in [1.165, 1.54) is 0 Å². The lowest BCUT2D eigenvalue weighted by Crippen LogP contribution is -2.36. The van der Waals surface area contributed by atoms with Gasteiger partial charge >= 0.3 is 0 Å². The van der Waals surface area contributed by atoms with Crippen molar-refractivity contribution in [1.82, 2.24) is 4.90 Å². The molecule has 7 heteroatoms.